The summed E-state index contributed by atoms with van der Waals surface area (Å²) in [6.45, 7) is 3.52. The van der Waals surface area contributed by atoms with Crippen LogP contribution < -0.4 is 5.32 Å². The van der Waals surface area contributed by atoms with Crippen molar-refractivity contribution in [2.75, 3.05) is 0 Å². The van der Waals surface area contributed by atoms with E-state index in [0.717, 1.165) is 12.2 Å². The van der Waals surface area contributed by atoms with Gasteiger partial charge in [0, 0.05) is 12.4 Å². The molecule has 0 saturated heterocycles. The number of rotatable bonds is 4. The summed E-state index contributed by atoms with van der Waals surface area (Å²) in [7, 11) is 0. The molecule has 80 valence electrons. The van der Waals surface area contributed by atoms with Crippen LogP contribution in [0.2, 0.25) is 0 Å². The molecule has 0 spiro atoms. The zero-order valence-electron chi connectivity index (χ0n) is 8.82. The highest BCUT2D eigenvalue weighted by molar-refractivity contribution is 5.80. The number of carbonyl (C=O) groups excluding carboxylic acids is 1. The van der Waals surface area contributed by atoms with Gasteiger partial charge in [-0.05, 0) is 13.3 Å². The molecule has 0 fully saturated rings. The molecular formula is C10H14N4O. The highest BCUT2D eigenvalue weighted by Crippen LogP contribution is 2.11. The number of nitriles is 1. The number of carbonyl (C=O) groups is 1. The highest BCUT2D eigenvalue weighted by Gasteiger charge is 2.18. The lowest BCUT2D eigenvalue weighted by atomic mass is 10.1. The minimum Gasteiger partial charge on any atom is -0.347 e. The molecule has 1 rings (SSSR count). The molecule has 2 N–H and O–H groups in total. The number of aromatic nitrogens is 2. The maximum atomic E-state index is 11.5. The van der Waals surface area contributed by atoms with E-state index < -0.39 is 5.92 Å². The monoisotopic (exact) mass is 206 g/mol. The average Bonchev–Trinajstić information content (AvgIpc) is 2.77. The van der Waals surface area contributed by atoms with Gasteiger partial charge in [0.2, 0.25) is 5.91 Å². The Balaban J connectivity index is 2.63. The van der Waals surface area contributed by atoms with E-state index in [1.807, 2.05) is 13.0 Å². The van der Waals surface area contributed by atoms with Crippen molar-refractivity contribution in [3.8, 4) is 6.07 Å². The van der Waals surface area contributed by atoms with Crippen molar-refractivity contribution >= 4 is 5.91 Å². The molecule has 0 saturated carbocycles. The molecule has 2 atom stereocenters. The van der Waals surface area contributed by atoms with E-state index in [2.05, 4.69) is 15.3 Å². The molecule has 15 heavy (non-hydrogen) atoms. The third kappa shape index (κ3) is 2.81. The predicted octanol–water partition coefficient (Wildman–Crippen LogP) is 1.14. The summed E-state index contributed by atoms with van der Waals surface area (Å²) in [6.07, 6.45) is 4.08. The van der Waals surface area contributed by atoms with Crippen LogP contribution in [-0.4, -0.2) is 15.9 Å². The van der Waals surface area contributed by atoms with E-state index in [1.165, 1.54) is 0 Å². The summed E-state index contributed by atoms with van der Waals surface area (Å²) in [5, 5.41) is 11.4. The Bertz CT molecular complexity index is 352. The number of amides is 1. The van der Waals surface area contributed by atoms with Crippen molar-refractivity contribution in [3.63, 3.8) is 0 Å². The van der Waals surface area contributed by atoms with Crippen LogP contribution in [0, 0.1) is 17.2 Å². The molecular weight excluding hydrogens is 192 g/mol. The first-order valence-electron chi connectivity index (χ1n) is 4.88. The van der Waals surface area contributed by atoms with Crippen molar-refractivity contribution < 1.29 is 4.79 Å². The molecule has 0 aliphatic heterocycles. The molecule has 1 aromatic heterocycles. The Kier molecular flexibility index (Phi) is 3.86. The van der Waals surface area contributed by atoms with Crippen molar-refractivity contribution in [3.05, 3.63) is 18.2 Å². The molecule has 2 unspecified atom stereocenters. The molecule has 0 aromatic carbocycles. The molecule has 1 heterocycles. The van der Waals surface area contributed by atoms with Crippen LogP contribution in [0.1, 0.15) is 32.1 Å². The van der Waals surface area contributed by atoms with Gasteiger partial charge in [0.05, 0.1) is 12.1 Å². The summed E-state index contributed by atoms with van der Waals surface area (Å²) < 4.78 is 0. The first-order chi connectivity index (χ1) is 7.19. The summed E-state index contributed by atoms with van der Waals surface area (Å²) in [6, 6.07) is 1.75. The van der Waals surface area contributed by atoms with Crippen molar-refractivity contribution in [1.82, 2.24) is 15.3 Å². The Labute approximate surface area is 88.5 Å². The zero-order valence-corrected chi connectivity index (χ0v) is 8.82. The van der Waals surface area contributed by atoms with Crippen molar-refractivity contribution in [1.29, 1.82) is 5.26 Å². The minimum absolute atomic E-state index is 0.150. The summed E-state index contributed by atoms with van der Waals surface area (Å²) in [5.41, 5.74) is 0. The number of nitrogens with one attached hydrogen (secondary N) is 2. The number of hydrogen-bond donors (Lipinski definition) is 2. The fourth-order valence-corrected chi connectivity index (χ4v) is 1.19. The maximum absolute atomic E-state index is 11.5. The van der Waals surface area contributed by atoms with Gasteiger partial charge in [-0.25, -0.2) is 4.98 Å². The molecule has 0 bridgehead atoms. The molecule has 0 aliphatic carbocycles. The van der Waals surface area contributed by atoms with Crippen molar-refractivity contribution in [2.24, 2.45) is 5.92 Å². The summed E-state index contributed by atoms with van der Waals surface area (Å²) in [5.74, 6) is -0.175. The molecule has 0 aliphatic rings. The van der Waals surface area contributed by atoms with E-state index in [1.54, 1.807) is 19.3 Å². The topological polar surface area (TPSA) is 81.6 Å². The van der Waals surface area contributed by atoms with Crippen LogP contribution >= 0.6 is 0 Å². The van der Waals surface area contributed by atoms with E-state index in [0.29, 0.717) is 0 Å². The van der Waals surface area contributed by atoms with Crippen LogP contribution in [0.15, 0.2) is 12.4 Å². The fraction of sp³-hybridized carbons (Fsp3) is 0.500. The Morgan fingerprint density at radius 2 is 2.53 bits per heavy atom. The van der Waals surface area contributed by atoms with Crippen LogP contribution in [0.3, 0.4) is 0 Å². The molecule has 1 amide bonds. The Morgan fingerprint density at radius 3 is 3.00 bits per heavy atom. The van der Waals surface area contributed by atoms with Gasteiger partial charge in [0.1, 0.15) is 11.7 Å². The van der Waals surface area contributed by atoms with Crippen LogP contribution in [0.25, 0.3) is 0 Å². The number of hydrogen-bond acceptors (Lipinski definition) is 3. The van der Waals surface area contributed by atoms with E-state index >= 15 is 0 Å². The molecule has 5 nitrogen and oxygen atoms in total. The molecule has 1 aromatic rings. The van der Waals surface area contributed by atoms with Crippen LogP contribution in [0.4, 0.5) is 0 Å². The van der Waals surface area contributed by atoms with Crippen molar-refractivity contribution in [2.45, 2.75) is 26.3 Å². The van der Waals surface area contributed by atoms with E-state index in [-0.39, 0.29) is 11.9 Å². The van der Waals surface area contributed by atoms with Gasteiger partial charge < -0.3 is 10.3 Å². The first kappa shape index (κ1) is 11.2. The lowest BCUT2D eigenvalue weighted by Crippen LogP contribution is -2.32. The fourth-order valence-electron chi connectivity index (χ4n) is 1.19. The normalized spacial score (nSPS) is 13.9. The second-order valence-corrected chi connectivity index (χ2v) is 3.29. The van der Waals surface area contributed by atoms with Crippen LogP contribution in [0.5, 0.6) is 0 Å². The second kappa shape index (κ2) is 5.15. The predicted molar refractivity (Wildman–Crippen MR) is 54.5 cm³/mol. The van der Waals surface area contributed by atoms with Gasteiger partial charge in [-0.15, -0.1) is 0 Å². The Morgan fingerprint density at radius 1 is 1.80 bits per heavy atom. The average molecular weight is 206 g/mol. The largest absolute Gasteiger partial charge is 0.347 e. The second-order valence-electron chi connectivity index (χ2n) is 3.29. The zero-order chi connectivity index (χ0) is 11.3. The summed E-state index contributed by atoms with van der Waals surface area (Å²) >= 11 is 0. The van der Waals surface area contributed by atoms with Gasteiger partial charge >= 0.3 is 0 Å². The minimum atomic E-state index is -0.631. The lowest BCUT2D eigenvalue weighted by molar-refractivity contribution is -0.123. The molecule has 5 heteroatoms. The smallest absolute Gasteiger partial charge is 0.237 e. The van der Waals surface area contributed by atoms with Gasteiger partial charge in [0.15, 0.2) is 0 Å². The van der Waals surface area contributed by atoms with Gasteiger partial charge in [-0.1, -0.05) is 6.92 Å². The van der Waals surface area contributed by atoms with E-state index in [9.17, 15) is 4.79 Å². The Hall–Kier alpha value is -1.83. The van der Waals surface area contributed by atoms with Gasteiger partial charge in [-0.3, -0.25) is 4.79 Å². The third-order valence-electron chi connectivity index (χ3n) is 2.16. The highest BCUT2D eigenvalue weighted by atomic mass is 16.1. The molecule has 0 radical (unpaired) electrons. The number of nitrogens with zero attached hydrogens (tertiary/aromatic N) is 2. The number of aromatic amines is 1. The lowest BCUT2D eigenvalue weighted by Gasteiger charge is -2.15. The standard InChI is InChI=1S/C10H14N4O/c1-3-8(9-12-4-5-13-9)14-10(15)7(2)6-11/h4-5,7-8H,3H2,1-2H3,(H,12,13)(H,14,15). The maximum Gasteiger partial charge on any atom is 0.237 e. The van der Waals surface area contributed by atoms with Crippen LogP contribution in [-0.2, 0) is 4.79 Å². The quantitative estimate of drug-likeness (QED) is 0.774. The summed E-state index contributed by atoms with van der Waals surface area (Å²) in [4.78, 5) is 18.5. The van der Waals surface area contributed by atoms with Gasteiger partial charge in [-0.2, -0.15) is 5.26 Å². The number of imidazole rings is 1. The SMILES string of the molecule is CCC(NC(=O)C(C)C#N)c1ncc[nH]1. The van der Waals surface area contributed by atoms with Gasteiger partial charge in [0.25, 0.3) is 0 Å². The third-order valence-corrected chi connectivity index (χ3v) is 2.16. The first-order valence-corrected chi connectivity index (χ1v) is 4.88. The van der Waals surface area contributed by atoms with E-state index in [4.69, 9.17) is 5.26 Å². The number of H-pyrrole nitrogens is 1.